The molecular weight excluding hydrogens is 284 g/mol. The molecule has 0 radical (unpaired) electrons. The third-order valence-electron chi connectivity index (χ3n) is 2.21. The Morgan fingerprint density at radius 2 is 1.59 bits per heavy atom. The molecule has 1 rings (SSSR count). The Bertz CT molecular complexity index is 407. The van der Waals surface area contributed by atoms with Crippen LogP contribution in [0.1, 0.15) is 5.56 Å². The fourth-order valence-corrected chi connectivity index (χ4v) is 1.65. The highest BCUT2D eigenvalue weighted by Gasteiger charge is 2.12. The Morgan fingerprint density at radius 3 is 2.00 bits per heavy atom. The topological polar surface area (TPSA) is 27.7 Å². The fourth-order valence-electron chi connectivity index (χ4n) is 1.45. The first-order valence-electron chi connectivity index (χ1n) is 5.07. The zero-order valence-corrected chi connectivity index (χ0v) is 11.8. The lowest BCUT2D eigenvalue weighted by Crippen LogP contribution is -1.96. The molecule has 0 saturated heterocycles. The number of ether oxygens (including phenoxy) is 3. The minimum absolute atomic E-state index is 0.604. The van der Waals surface area contributed by atoms with Crippen LogP contribution in [0.4, 0.5) is 0 Å². The quantitative estimate of drug-likeness (QED) is 0.632. The maximum absolute atomic E-state index is 5.26. The summed E-state index contributed by atoms with van der Waals surface area (Å²) in [6.45, 7) is 0. The first-order chi connectivity index (χ1) is 8.26. The van der Waals surface area contributed by atoms with E-state index in [0.717, 1.165) is 5.56 Å². The van der Waals surface area contributed by atoms with Gasteiger partial charge in [-0.3, -0.25) is 0 Å². The summed E-state index contributed by atoms with van der Waals surface area (Å²) in [5.41, 5.74) is 1.04. The lowest BCUT2D eigenvalue weighted by Gasteiger charge is -2.13. The third kappa shape index (κ3) is 3.57. The summed E-state index contributed by atoms with van der Waals surface area (Å²) < 4.78 is 15.8. The number of halogens is 1. The molecule has 0 aliphatic heterocycles. The van der Waals surface area contributed by atoms with Gasteiger partial charge in [0.2, 0.25) is 5.75 Å². The maximum atomic E-state index is 5.26. The van der Waals surface area contributed by atoms with Crippen LogP contribution in [0.5, 0.6) is 17.2 Å². The molecule has 1 aromatic carbocycles. The molecular formula is C13H15BrO3. The zero-order valence-electron chi connectivity index (χ0n) is 10.2. The van der Waals surface area contributed by atoms with Crippen LogP contribution in [0.3, 0.4) is 0 Å². The molecule has 0 spiro atoms. The van der Waals surface area contributed by atoms with Crippen molar-refractivity contribution >= 4 is 15.9 Å². The van der Waals surface area contributed by atoms with Crippen molar-refractivity contribution in [3.63, 3.8) is 0 Å². The Kier molecular flexibility index (Phi) is 5.71. The van der Waals surface area contributed by atoms with Gasteiger partial charge in [0.1, 0.15) is 0 Å². The zero-order chi connectivity index (χ0) is 12.7. The first-order valence-corrected chi connectivity index (χ1v) is 6.19. The summed E-state index contributed by atoms with van der Waals surface area (Å²) in [5.74, 6) is 7.91. The number of alkyl halides is 1. The van der Waals surface area contributed by atoms with E-state index in [9.17, 15) is 0 Å². The SMILES string of the molecule is COc1cc(CC#CCBr)cc(OC)c1OC. The highest BCUT2D eigenvalue weighted by atomic mass is 79.9. The minimum Gasteiger partial charge on any atom is -0.493 e. The van der Waals surface area contributed by atoms with Crippen molar-refractivity contribution in [2.75, 3.05) is 26.7 Å². The Balaban J connectivity index is 3.08. The van der Waals surface area contributed by atoms with Crippen LogP contribution in [-0.4, -0.2) is 26.7 Å². The summed E-state index contributed by atoms with van der Waals surface area (Å²) >= 11 is 3.26. The summed E-state index contributed by atoms with van der Waals surface area (Å²) in [6, 6.07) is 3.81. The molecule has 0 heterocycles. The van der Waals surface area contributed by atoms with Gasteiger partial charge in [0.15, 0.2) is 11.5 Å². The van der Waals surface area contributed by atoms with Gasteiger partial charge in [0.25, 0.3) is 0 Å². The monoisotopic (exact) mass is 298 g/mol. The van der Waals surface area contributed by atoms with E-state index in [1.54, 1.807) is 21.3 Å². The molecule has 0 unspecified atom stereocenters. The van der Waals surface area contributed by atoms with E-state index in [0.29, 0.717) is 29.0 Å². The normalized spacial score (nSPS) is 9.18. The Hall–Kier alpha value is -1.34. The van der Waals surface area contributed by atoms with E-state index in [-0.39, 0.29) is 0 Å². The molecule has 0 saturated carbocycles. The third-order valence-corrected chi connectivity index (χ3v) is 2.49. The minimum atomic E-state index is 0.604. The number of benzene rings is 1. The standard InChI is InChI=1S/C13H15BrO3/c1-15-11-8-10(6-4-5-7-14)9-12(16-2)13(11)17-3/h8-9H,6-7H2,1-3H3. The lowest BCUT2D eigenvalue weighted by atomic mass is 10.1. The van der Waals surface area contributed by atoms with Crippen molar-refractivity contribution in [1.82, 2.24) is 0 Å². The van der Waals surface area contributed by atoms with Crippen molar-refractivity contribution in [3.05, 3.63) is 17.7 Å². The summed E-state index contributed by atoms with van der Waals surface area (Å²) in [7, 11) is 4.79. The molecule has 0 bridgehead atoms. The summed E-state index contributed by atoms with van der Waals surface area (Å²) in [6.07, 6.45) is 0.655. The van der Waals surface area contributed by atoms with Crippen LogP contribution >= 0.6 is 15.9 Å². The number of hydrogen-bond acceptors (Lipinski definition) is 3. The molecule has 0 aliphatic rings. The van der Waals surface area contributed by atoms with E-state index in [2.05, 4.69) is 27.8 Å². The number of hydrogen-bond donors (Lipinski definition) is 0. The van der Waals surface area contributed by atoms with Crippen LogP contribution in [0.15, 0.2) is 12.1 Å². The molecule has 0 atom stereocenters. The van der Waals surface area contributed by atoms with Crippen molar-refractivity contribution in [2.45, 2.75) is 6.42 Å². The van der Waals surface area contributed by atoms with E-state index >= 15 is 0 Å². The van der Waals surface area contributed by atoms with E-state index in [1.165, 1.54) is 0 Å². The van der Waals surface area contributed by atoms with Gasteiger partial charge in [-0.15, -0.1) is 0 Å². The van der Waals surface area contributed by atoms with Gasteiger partial charge in [0, 0.05) is 6.42 Å². The average molecular weight is 299 g/mol. The van der Waals surface area contributed by atoms with E-state index < -0.39 is 0 Å². The van der Waals surface area contributed by atoms with Crippen molar-refractivity contribution in [1.29, 1.82) is 0 Å². The van der Waals surface area contributed by atoms with Crippen molar-refractivity contribution in [3.8, 4) is 29.1 Å². The van der Waals surface area contributed by atoms with Crippen LogP contribution in [0, 0.1) is 11.8 Å². The lowest BCUT2D eigenvalue weighted by molar-refractivity contribution is 0.324. The second kappa shape index (κ2) is 7.08. The van der Waals surface area contributed by atoms with Crippen molar-refractivity contribution in [2.24, 2.45) is 0 Å². The van der Waals surface area contributed by atoms with Gasteiger partial charge in [-0.1, -0.05) is 27.8 Å². The summed E-state index contributed by atoms with van der Waals surface area (Å²) in [5, 5.41) is 0.678. The molecule has 4 heteroatoms. The second-order valence-corrected chi connectivity index (χ2v) is 3.76. The number of rotatable bonds is 4. The van der Waals surface area contributed by atoms with Gasteiger partial charge in [-0.05, 0) is 17.7 Å². The van der Waals surface area contributed by atoms with Gasteiger partial charge in [0.05, 0.1) is 26.7 Å². The Morgan fingerprint density at radius 1 is 1.00 bits per heavy atom. The largest absolute Gasteiger partial charge is 0.493 e. The molecule has 0 aromatic heterocycles. The molecule has 0 amide bonds. The average Bonchev–Trinajstić information content (AvgIpc) is 2.37. The molecule has 0 N–H and O–H groups in total. The Labute approximate surface area is 110 Å². The predicted molar refractivity (Wildman–Crippen MR) is 71.4 cm³/mol. The molecule has 17 heavy (non-hydrogen) atoms. The second-order valence-electron chi connectivity index (χ2n) is 3.20. The van der Waals surface area contributed by atoms with Gasteiger partial charge >= 0.3 is 0 Å². The fraction of sp³-hybridized carbons (Fsp3) is 0.385. The van der Waals surface area contributed by atoms with E-state index in [1.807, 2.05) is 12.1 Å². The summed E-state index contributed by atoms with van der Waals surface area (Å²) in [4.78, 5) is 0. The van der Waals surface area contributed by atoms with Gasteiger partial charge in [-0.2, -0.15) is 0 Å². The maximum Gasteiger partial charge on any atom is 0.203 e. The molecule has 0 aliphatic carbocycles. The van der Waals surface area contributed by atoms with Crippen molar-refractivity contribution < 1.29 is 14.2 Å². The predicted octanol–water partition coefficient (Wildman–Crippen LogP) is 2.65. The van der Waals surface area contributed by atoms with Gasteiger partial charge < -0.3 is 14.2 Å². The van der Waals surface area contributed by atoms with E-state index in [4.69, 9.17) is 14.2 Å². The molecule has 3 nitrogen and oxygen atoms in total. The number of methoxy groups -OCH3 is 3. The van der Waals surface area contributed by atoms with Crippen LogP contribution < -0.4 is 14.2 Å². The first kappa shape index (κ1) is 13.7. The smallest absolute Gasteiger partial charge is 0.203 e. The highest BCUT2D eigenvalue weighted by Crippen LogP contribution is 2.38. The van der Waals surface area contributed by atoms with Gasteiger partial charge in [-0.25, -0.2) is 0 Å². The van der Waals surface area contributed by atoms with Crippen LogP contribution in [0.2, 0.25) is 0 Å². The van der Waals surface area contributed by atoms with Crippen LogP contribution in [-0.2, 0) is 6.42 Å². The van der Waals surface area contributed by atoms with Crippen LogP contribution in [0.25, 0.3) is 0 Å². The highest BCUT2D eigenvalue weighted by molar-refractivity contribution is 9.09. The molecule has 1 aromatic rings. The molecule has 0 fully saturated rings. The molecule has 92 valence electrons.